The van der Waals surface area contributed by atoms with E-state index in [-0.39, 0.29) is 24.4 Å². The standard InChI is InChI=1S/C21H33N3O5/c1-13-6-5-9-17(14(13)2)24-11-15(10-19(24)26)20(27)29-12-18(25)23-21(28)22-16-7-3-4-8-16/h13-17H,3-12H2,1-2H3,(H2,22,23,25,28)/t13-,14+,15+,17-/m0/s1. The fraction of sp³-hybridized carbons (Fsp3) is 0.810. The quantitative estimate of drug-likeness (QED) is 0.678. The van der Waals surface area contributed by atoms with Crippen molar-refractivity contribution in [3.05, 3.63) is 0 Å². The van der Waals surface area contributed by atoms with Crippen LogP contribution in [-0.4, -0.2) is 54.0 Å². The van der Waals surface area contributed by atoms with E-state index in [2.05, 4.69) is 24.5 Å². The monoisotopic (exact) mass is 407 g/mol. The van der Waals surface area contributed by atoms with Crippen LogP contribution < -0.4 is 10.6 Å². The van der Waals surface area contributed by atoms with Gasteiger partial charge >= 0.3 is 12.0 Å². The van der Waals surface area contributed by atoms with Gasteiger partial charge in [0.1, 0.15) is 0 Å². The maximum Gasteiger partial charge on any atom is 0.321 e. The van der Waals surface area contributed by atoms with Crippen LogP contribution in [0.15, 0.2) is 0 Å². The summed E-state index contributed by atoms with van der Waals surface area (Å²) in [6.07, 6.45) is 7.35. The van der Waals surface area contributed by atoms with Crippen molar-refractivity contribution in [3.8, 4) is 0 Å². The van der Waals surface area contributed by atoms with Crippen molar-refractivity contribution >= 4 is 23.8 Å². The van der Waals surface area contributed by atoms with Gasteiger partial charge in [-0.3, -0.25) is 19.7 Å². The van der Waals surface area contributed by atoms with Crippen LogP contribution in [0.1, 0.15) is 65.2 Å². The number of amides is 4. The molecule has 3 fully saturated rings. The van der Waals surface area contributed by atoms with Crippen molar-refractivity contribution in [2.45, 2.75) is 77.3 Å². The Balaban J connectivity index is 1.42. The first-order valence-corrected chi connectivity index (χ1v) is 10.9. The number of hydrogen-bond acceptors (Lipinski definition) is 5. The van der Waals surface area contributed by atoms with Crippen LogP contribution in [0.2, 0.25) is 0 Å². The van der Waals surface area contributed by atoms with E-state index >= 15 is 0 Å². The summed E-state index contributed by atoms with van der Waals surface area (Å²) in [5, 5.41) is 4.93. The summed E-state index contributed by atoms with van der Waals surface area (Å²) >= 11 is 0. The van der Waals surface area contributed by atoms with Gasteiger partial charge in [0.05, 0.1) is 5.92 Å². The van der Waals surface area contributed by atoms with Crippen molar-refractivity contribution in [1.29, 1.82) is 0 Å². The lowest BCUT2D eigenvalue weighted by atomic mass is 9.77. The Morgan fingerprint density at radius 1 is 1.07 bits per heavy atom. The first-order valence-electron chi connectivity index (χ1n) is 10.9. The molecular formula is C21H33N3O5. The van der Waals surface area contributed by atoms with E-state index in [9.17, 15) is 19.2 Å². The molecule has 8 nitrogen and oxygen atoms in total. The number of nitrogens with zero attached hydrogens (tertiary/aromatic N) is 1. The molecule has 2 saturated carbocycles. The molecule has 0 aromatic carbocycles. The summed E-state index contributed by atoms with van der Waals surface area (Å²) in [6, 6.07) is -0.280. The molecule has 4 amide bonds. The Labute approximate surface area is 172 Å². The summed E-state index contributed by atoms with van der Waals surface area (Å²) in [4.78, 5) is 50.3. The van der Waals surface area contributed by atoms with Gasteiger partial charge in [0, 0.05) is 25.0 Å². The minimum absolute atomic E-state index is 0.0155. The van der Waals surface area contributed by atoms with E-state index in [0.29, 0.717) is 18.4 Å². The van der Waals surface area contributed by atoms with Crippen LogP contribution in [0.3, 0.4) is 0 Å². The minimum Gasteiger partial charge on any atom is -0.455 e. The molecule has 1 aliphatic heterocycles. The number of likely N-dealkylation sites (tertiary alicyclic amines) is 1. The molecule has 1 saturated heterocycles. The van der Waals surface area contributed by atoms with Gasteiger partial charge < -0.3 is 15.0 Å². The predicted molar refractivity (Wildman–Crippen MR) is 106 cm³/mol. The predicted octanol–water partition coefficient (Wildman–Crippen LogP) is 1.97. The SMILES string of the molecule is C[C@@H]1[C@@H](C)CCC[C@@H]1N1C[C@H](C(=O)OCC(=O)NC(=O)NC2CCCC2)CC1=O. The molecule has 0 radical (unpaired) electrons. The van der Waals surface area contributed by atoms with E-state index in [1.165, 1.54) is 6.42 Å². The van der Waals surface area contributed by atoms with Crippen molar-refractivity contribution in [3.63, 3.8) is 0 Å². The fourth-order valence-electron chi connectivity index (χ4n) is 4.91. The fourth-order valence-corrected chi connectivity index (χ4v) is 4.91. The summed E-state index contributed by atoms with van der Waals surface area (Å²) in [5.41, 5.74) is 0. The zero-order chi connectivity index (χ0) is 21.0. The van der Waals surface area contributed by atoms with Gasteiger partial charge in [0.25, 0.3) is 5.91 Å². The van der Waals surface area contributed by atoms with Gasteiger partial charge in [-0.1, -0.05) is 39.5 Å². The number of imide groups is 1. The number of nitrogens with one attached hydrogen (secondary N) is 2. The molecule has 2 aliphatic carbocycles. The van der Waals surface area contributed by atoms with Gasteiger partial charge in [-0.15, -0.1) is 0 Å². The van der Waals surface area contributed by atoms with Crippen LogP contribution in [0, 0.1) is 17.8 Å². The van der Waals surface area contributed by atoms with E-state index in [0.717, 1.165) is 38.5 Å². The third-order valence-electron chi connectivity index (χ3n) is 6.84. The van der Waals surface area contributed by atoms with Gasteiger partial charge in [0.15, 0.2) is 6.61 Å². The molecule has 0 aromatic heterocycles. The number of hydrogen-bond donors (Lipinski definition) is 2. The Morgan fingerprint density at radius 3 is 2.52 bits per heavy atom. The third kappa shape index (κ3) is 5.48. The molecule has 162 valence electrons. The summed E-state index contributed by atoms with van der Waals surface area (Å²) in [5.74, 6) is -0.808. The topological polar surface area (TPSA) is 105 Å². The lowest BCUT2D eigenvalue weighted by molar-refractivity contribution is -0.152. The first kappa shape index (κ1) is 21.6. The van der Waals surface area contributed by atoms with Crippen LogP contribution in [0.4, 0.5) is 4.79 Å². The summed E-state index contributed by atoms with van der Waals surface area (Å²) < 4.78 is 5.08. The molecular weight excluding hydrogens is 374 g/mol. The zero-order valence-electron chi connectivity index (χ0n) is 17.4. The number of carbonyl (C=O) groups is 4. The largest absolute Gasteiger partial charge is 0.455 e. The highest BCUT2D eigenvalue weighted by molar-refractivity contribution is 5.96. The molecule has 29 heavy (non-hydrogen) atoms. The Bertz CT molecular complexity index is 646. The van der Waals surface area contributed by atoms with E-state index in [4.69, 9.17) is 4.74 Å². The lowest BCUT2D eigenvalue weighted by Gasteiger charge is -2.39. The average Bonchev–Trinajstić information content (AvgIpc) is 3.31. The van der Waals surface area contributed by atoms with Crippen molar-refractivity contribution in [1.82, 2.24) is 15.5 Å². The van der Waals surface area contributed by atoms with Gasteiger partial charge in [0.2, 0.25) is 5.91 Å². The molecule has 0 aromatic rings. The first-order chi connectivity index (χ1) is 13.8. The number of rotatable bonds is 5. The highest BCUT2D eigenvalue weighted by atomic mass is 16.5. The zero-order valence-corrected chi connectivity index (χ0v) is 17.4. The molecule has 3 aliphatic rings. The van der Waals surface area contributed by atoms with Crippen molar-refractivity contribution in [2.24, 2.45) is 17.8 Å². The second-order valence-electron chi connectivity index (χ2n) is 8.89. The van der Waals surface area contributed by atoms with Crippen LogP contribution in [-0.2, 0) is 19.1 Å². The molecule has 0 spiro atoms. The maximum absolute atomic E-state index is 12.5. The average molecular weight is 408 g/mol. The summed E-state index contributed by atoms with van der Waals surface area (Å²) in [7, 11) is 0. The summed E-state index contributed by atoms with van der Waals surface area (Å²) in [6.45, 7) is 4.22. The number of ether oxygens (including phenoxy) is 1. The van der Waals surface area contributed by atoms with E-state index in [1.54, 1.807) is 0 Å². The third-order valence-corrected chi connectivity index (χ3v) is 6.84. The lowest BCUT2D eigenvalue weighted by Crippen LogP contribution is -2.45. The molecule has 3 rings (SSSR count). The second kappa shape index (κ2) is 9.59. The maximum atomic E-state index is 12.5. The van der Waals surface area contributed by atoms with Gasteiger partial charge in [-0.25, -0.2) is 4.79 Å². The second-order valence-corrected chi connectivity index (χ2v) is 8.89. The highest BCUT2D eigenvalue weighted by Gasteiger charge is 2.42. The Hall–Kier alpha value is -2.12. The number of urea groups is 1. The van der Waals surface area contributed by atoms with Crippen LogP contribution >= 0.6 is 0 Å². The van der Waals surface area contributed by atoms with E-state index in [1.807, 2.05) is 4.90 Å². The van der Waals surface area contributed by atoms with E-state index < -0.39 is 30.4 Å². The number of esters is 1. The van der Waals surface area contributed by atoms with Gasteiger partial charge in [-0.2, -0.15) is 0 Å². The molecule has 8 heteroatoms. The smallest absolute Gasteiger partial charge is 0.321 e. The minimum atomic E-state index is -0.662. The Morgan fingerprint density at radius 2 is 1.79 bits per heavy atom. The molecule has 4 atom stereocenters. The van der Waals surface area contributed by atoms with Crippen molar-refractivity contribution < 1.29 is 23.9 Å². The van der Waals surface area contributed by atoms with Crippen LogP contribution in [0.5, 0.6) is 0 Å². The highest BCUT2D eigenvalue weighted by Crippen LogP contribution is 2.35. The van der Waals surface area contributed by atoms with Gasteiger partial charge in [-0.05, 0) is 31.1 Å². The molecule has 0 bridgehead atoms. The molecule has 1 heterocycles. The number of carbonyl (C=O) groups excluding carboxylic acids is 4. The Kier molecular flexibility index (Phi) is 7.14. The van der Waals surface area contributed by atoms with Crippen molar-refractivity contribution in [2.75, 3.05) is 13.2 Å². The molecule has 2 N–H and O–H groups in total. The van der Waals surface area contributed by atoms with Crippen LogP contribution in [0.25, 0.3) is 0 Å². The molecule has 0 unspecified atom stereocenters. The normalized spacial score (nSPS) is 30.3.